The monoisotopic (exact) mass is 510 g/mol. The molecule has 0 N–H and O–H groups in total. The van der Waals surface area contributed by atoms with Gasteiger partial charge in [0.1, 0.15) is 11.5 Å². The Kier molecular flexibility index (Phi) is 9.23. The van der Waals surface area contributed by atoms with E-state index in [0.717, 1.165) is 22.3 Å². The van der Waals surface area contributed by atoms with E-state index in [1.807, 2.05) is 62.4 Å². The second-order valence-electron chi connectivity index (χ2n) is 8.38. The Morgan fingerprint density at radius 3 is 1.05 bits per heavy atom. The first kappa shape index (κ1) is 27.5. The second kappa shape index (κ2) is 12.8. The lowest BCUT2D eigenvalue weighted by molar-refractivity contribution is 0.406. The Labute approximate surface area is 222 Å². The summed E-state index contributed by atoms with van der Waals surface area (Å²) in [4.78, 5) is 6.39. The Balaban J connectivity index is 0.000000211. The molecule has 8 nitrogen and oxygen atoms in total. The molecule has 0 saturated heterocycles. The maximum atomic E-state index is 8.96. The molecular formula is C30H30N4O4+2. The predicted octanol–water partition coefficient (Wildman–Crippen LogP) is 8.33. The average Bonchev–Trinajstić information content (AvgIpc) is 2.96. The van der Waals surface area contributed by atoms with Crippen LogP contribution < -0.4 is 18.9 Å². The van der Waals surface area contributed by atoms with Crippen LogP contribution in [-0.2, 0) is 0 Å². The summed E-state index contributed by atoms with van der Waals surface area (Å²) in [6.07, 6.45) is 0. The number of hydrogen-bond donors (Lipinski definition) is 0. The summed E-state index contributed by atoms with van der Waals surface area (Å²) in [5, 5.41) is 17.9. The zero-order chi connectivity index (χ0) is 27.7. The van der Waals surface area contributed by atoms with Crippen molar-refractivity contribution in [2.45, 2.75) is 13.8 Å². The summed E-state index contributed by atoms with van der Waals surface area (Å²) < 4.78 is 21.1. The summed E-state index contributed by atoms with van der Waals surface area (Å²) in [5.41, 5.74) is 6.90. The molecule has 4 aromatic rings. The summed E-state index contributed by atoms with van der Waals surface area (Å²) >= 11 is 0. The van der Waals surface area contributed by atoms with Crippen LogP contribution in [0.1, 0.15) is 11.1 Å². The Bertz CT molecular complexity index is 1370. The molecular weight excluding hydrogens is 480 g/mol. The molecule has 0 aliphatic heterocycles. The van der Waals surface area contributed by atoms with Crippen LogP contribution in [0.4, 0.5) is 11.4 Å². The molecule has 0 atom stereocenters. The maximum absolute atomic E-state index is 8.96. The minimum absolute atomic E-state index is 0.343. The summed E-state index contributed by atoms with van der Waals surface area (Å²) in [7, 11) is 6.24. The summed E-state index contributed by atoms with van der Waals surface area (Å²) in [6.45, 7) is 4.07. The van der Waals surface area contributed by atoms with Crippen molar-refractivity contribution in [1.29, 1.82) is 10.8 Å². The summed E-state index contributed by atoms with van der Waals surface area (Å²) in [6, 6.07) is 23.1. The Morgan fingerprint density at radius 2 is 0.789 bits per heavy atom. The first-order valence-corrected chi connectivity index (χ1v) is 11.7. The third-order valence-electron chi connectivity index (χ3n) is 5.94. The van der Waals surface area contributed by atoms with Gasteiger partial charge in [0, 0.05) is 23.3 Å². The molecule has 0 radical (unpaired) electrons. The van der Waals surface area contributed by atoms with E-state index in [9.17, 15) is 0 Å². The zero-order valence-corrected chi connectivity index (χ0v) is 22.4. The molecule has 0 bridgehead atoms. The van der Waals surface area contributed by atoms with Gasteiger partial charge in [0.05, 0.1) is 40.6 Å². The fourth-order valence-corrected chi connectivity index (χ4v) is 3.84. The molecule has 4 aromatic carbocycles. The van der Waals surface area contributed by atoms with Crippen molar-refractivity contribution in [3.63, 3.8) is 0 Å². The van der Waals surface area contributed by atoms with Crippen molar-refractivity contribution in [2.75, 3.05) is 28.4 Å². The number of rotatable bonds is 6. The number of aryl methyl sites for hydroxylation is 2. The van der Waals surface area contributed by atoms with Gasteiger partial charge in [-0.05, 0) is 25.0 Å². The van der Waals surface area contributed by atoms with Gasteiger partial charge in [-0.15, -0.1) is 0 Å². The highest BCUT2D eigenvalue weighted by molar-refractivity contribution is 5.78. The number of diazo groups is 2. The highest BCUT2D eigenvalue weighted by Crippen LogP contribution is 2.41. The van der Waals surface area contributed by atoms with Crippen LogP contribution in [0.15, 0.2) is 72.8 Å². The summed E-state index contributed by atoms with van der Waals surface area (Å²) in [5.74, 6) is 2.27. The number of benzene rings is 4. The van der Waals surface area contributed by atoms with Crippen LogP contribution in [0.5, 0.6) is 23.0 Å². The standard InChI is InChI=1S/2C15H15N2O2/c2*1-10-4-6-11(7-5-10)12-8-15(19-3)13(17-16)9-14(12)18-2/h2*4-9H,1-3H3/q2*+1. The van der Waals surface area contributed by atoms with Crippen LogP contribution in [0.2, 0.25) is 0 Å². The largest absolute Gasteiger partial charge is 0.496 e. The first-order chi connectivity index (χ1) is 18.4. The van der Waals surface area contributed by atoms with Crippen molar-refractivity contribution in [2.24, 2.45) is 0 Å². The molecule has 38 heavy (non-hydrogen) atoms. The third-order valence-corrected chi connectivity index (χ3v) is 5.94. The minimum atomic E-state index is 0.343. The fraction of sp³-hybridized carbons (Fsp3) is 0.200. The second-order valence-corrected chi connectivity index (χ2v) is 8.38. The number of ether oxygens (including phenoxy) is 4. The molecule has 0 amide bonds. The van der Waals surface area contributed by atoms with E-state index in [2.05, 4.69) is 9.95 Å². The van der Waals surface area contributed by atoms with Crippen LogP contribution in [0, 0.1) is 24.6 Å². The van der Waals surface area contributed by atoms with E-state index < -0.39 is 0 Å². The van der Waals surface area contributed by atoms with Crippen LogP contribution >= 0.6 is 0 Å². The van der Waals surface area contributed by atoms with Crippen molar-refractivity contribution >= 4 is 11.4 Å². The smallest absolute Gasteiger partial charge is 0.430 e. The van der Waals surface area contributed by atoms with Crippen molar-refractivity contribution in [3.8, 4) is 45.3 Å². The molecule has 0 saturated carbocycles. The quantitative estimate of drug-likeness (QED) is 0.242. The van der Waals surface area contributed by atoms with Crippen LogP contribution in [0.3, 0.4) is 0 Å². The van der Waals surface area contributed by atoms with Crippen LogP contribution in [-0.4, -0.2) is 28.4 Å². The van der Waals surface area contributed by atoms with Gasteiger partial charge >= 0.3 is 11.4 Å². The number of nitrogens with zero attached hydrogens (tertiary/aromatic N) is 4. The lowest BCUT2D eigenvalue weighted by Gasteiger charge is -2.09. The van der Waals surface area contributed by atoms with Gasteiger partial charge in [-0.25, -0.2) is 0 Å². The molecule has 0 fully saturated rings. The van der Waals surface area contributed by atoms with E-state index in [4.69, 9.17) is 29.7 Å². The molecule has 0 heterocycles. The van der Waals surface area contributed by atoms with E-state index in [0.29, 0.717) is 34.4 Å². The molecule has 0 spiro atoms. The van der Waals surface area contributed by atoms with E-state index in [1.165, 1.54) is 25.3 Å². The molecule has 8 heteroatoms. The molecule has 0 aliphatic rings. The van der Waals surface area contributed by atoms with Crippen LogP contribution in [0.25, 0.3) is 32.2 Å². The van der Waals surface area contributed by atoms with E-state index in [-0.39, 0.29) is 0 Å². The Hall–Kier alpha value is -5.08. The van der Waals surface area contributed by atoms with Gasteiger partial charge in [0.25, 0.3) is 0 Å². The van der Waals surface area contributed by atoms with Gasteiger partial charge in [-0.3, -0.25) is 0 Å². The zero-order valence-electron chi connectivity index (χ0n) is 22.4. The normalized spacial score (nSPS) is 9.79. The fourth-order valence-electron chi connectivity index (χ4n) is 3.84. The average molecular weight is 511 g/mol. The Morgan fingerprint density at radius 1 is 0.474 bits per heavy atom. The minimum Gasteiger partial charge on any atom is -0.496 e. The van der Waals surface area contributed by atoms with Gasteiger partial charge < -0.3 is 18.9 Å². The van der Waals surface area contributed by atoms with Crippen molar-refractivity contribution < 1.29 is 18.9 Å². The van der Waals surface area contributed by atoms with Crippen molar-refractivity contribution in [1.82, 2.24) is 0 Å². The number of hydrogen-bond acceptors (Lipinski definition) is 6. The lowest BCUT2D eigenvalue weighted by Crippen LogP contribution is -1.91. The lowest BCUT2D eigenvalue weighted by atomic mass is 10.0. The first-order valence-electron chi connectivity index (χ1n) is 11.7. The predicted molar refractivity (Wildman–Crippen MR) is 149 cm³/mol. The van der Waals surface area contributed by atoms with Gasteiger partial charge in [-0.2, -0.15) is 0 Å². The maximum Gasteiger partial charge on any atom is 0.430 e. The van der Waals surface area contributed by atoms with Gasteiger partial charge in [-0.1, -0.05) is 59.7 Å². The highest BCUT2D eigenvalue weighted by atomic mass is 16.5. The number of methoxy groups -OCH3 is 4. The van der Waals surface area contributed by atoms with E-state index in [1.54, 1.807) is 38.5 Å². The molecule has 4 rings (SSSR count). The van der Waals surface area contributed by atoms with Gasteiger partial charge in [0.15, 0.2) is 9.95 Å². The van der Waals surface area contributed by atoms with Gasteiger partial charge in [0.2, 0.25) is 22.3 Å². The topological polar surface area (TPSA) is 93.2 Å². The molecule has 0 aromatic heterocycles. The SMILES string of the molecule is COc1cc(-c2ccc(C)cc2)c(OC)cc1[N+]#N.COc1cc(-c2ccc(C)cc2)c(OC)cc1[N+]#N. The van der Waals surface area contributed by atoms with E-state index >= 15 is 0 Å². The molecule has 192 valence electrons. The van der Waals surface area contributed by atoms with Crippen molar-refractivity contribution in [3.05, 3.63) is 93.9 Å². The third kappa shape index (κ3) is 6.18. The molecule has 0 unspecified atom stereocenters. The molecule has 0 aliphatic carbocycles. The highest BCUT2D eigenvalue weighted by Gasteiger charge is 2.21.